The number of carbonyl (C=O) groups excluding carboxylic acids is 1. The molecule has 0 aliphatic rings. The molecule has 0 fully saturated rings. The molecule has 0 aliphatic carbocycles. The normalized spacial score (nSPS) is 14.6. The van der Waals surface area contributed by atoms with E-state index in [4.69, 9.17) is 19.9 Å². The van der Waals surface area contributed by atoms with Gasteiger partial charge in [-0.3, -0.25) is 10.4 Å². The first kappa shape index (κ1) is 15.1. The highest BCUT2D eigenvalue weighted by molar-refractivity contribution is 5.59. The van der Waals surface area contributed by atoms with Gasteiger partial charge >= 0.3 is 6.16 Å². The zero-order valence-corrected chi connectivity index (χ0v) is 9.75. The van der Waals surface area contributed by atoms with E-state index < -0.39 is 12.3 Å². The predicted octanol–water partition coefficient (Wildman–Crippen LogP) is 1.73. The van der Waals surface area contributed by atoms with E-state index in [1.165, 1.54) is 0 Å². The minimum Gasteiger partial charge on any atom is -0.434 e. The summed E-state index contributed by atoms with van der Waals surface area (Å²) in [5, 5.41) is 16.3. The van der Waals surface area contributed by atoms with Crippen LogP contribution in [0.1, 0.15) is 33.6 Å². The fourth-order valence-corrected chi connectivity index (χ4v) is 0.803. The van der Waals surface area contributed by atoms with Gasteiger partial charge in [-0.25, -0.2) is 9.63 Å². The van der Waals surface area contributed by atoms with E-state index >= 15 is 0 Å². The maximum Gasteiger partial charge on any atom is 0.508 e. The van der Waals surface area contributed by atoms with Crippen LogP contribution in [0.2, 0.25) is 0 Å². The number of hydrogen-bond acceptors (Lipinski definition) is 7. The molecule has 2 atom stereocenters. The van der Waals surface area contributed by atoms with Gasteiger partial charge in [-0.15, -0.1) is 0 Å². The minimum absolute atomic E-state index is 0.0876. The first-order chi connectivity index (χ1) is 7.45. The lowest BCUT2D eigenvalue weighted by atomic mass is 10.3. The molecule has 0 aliphatic heterocycles. The van der Waals surface area contributed by atoms with Crippen LogP contribution in [0.25, 0.3) is 0 Å². The van der Waals surface area contributed by atoms with Crippen molar-refractivity contribution in [2.75, 3.05) is 6.61 Å². The van der Waals surface area contributed by atoms with Crippen LogP contribution in [0.15, 0.2) is 0 Å². The highest BCUT2D eigenvalue weighted by Crippen LogP contribution is 2.02. The van der Waals surface area contributed by atoms with Gasteiger partial charge in [0.2, 0.25) is 0 Å². The van der Waals surface area contributed by atoms with Crippen molar-refractivity contribution in [3.63, 3.8) is 0 Å². The van der Waals surface area contributed by atoms with E-state index in [0.29, 0.717) is 6.42 Å². The average molecular weight is 237 g/mol. The molecule has 0 spiro atoms. The summed E-state index contributed by atoms with van der Waals surface area (Å²) >= 11 is 0. The Hall–Kier alpha value is -0.890. The van der Waals surface area contributed by atoms with Gasteiger partial charge in [0.1, 0.15) is 6.10 Å². The van der Waals surface area contributed by atoms with Gasteiger partial charge < -0.3 is 9.47 Å². The molecule has 0 rings (SSSR count). The maximum atomic E-state index is 11.0. The van der Waals surface area contributed by atoms with Crippen LogP contribution >= 0.6 is 0 Å². The SMILES string of the molecule is CCC(C)OC(=O)OCCC(C)ON(O)O. The van der Waals surface area contributed by atoms with Crippen molar-refractivity contribution in [3.8, 4) is 0 Å². The number of ether oxygens (including phenoxy) is 2. The summed E-state index contributed by atoms with van der Waals surface area (Å²) in [6, 6.07) is 0. The molecule has 0 bridgehead atoms. The van der Waals surface area contributed by atoms with Crippen LogP contribution in [0, 0.1) is 0 Å². The quantitative estimate of drug-likeness (QED) is 0.514. The van der Waals surface area contributed by atoms with Gasteiger partial charge in [-0.2, -0.15) is 0 Å². The third-order valence-electron chi connectivity index (χ3n) is 1.89. The van der Waals surface area contributed by atoms with E-state index in [0.717, 1.165) is 6.42 Å². The Morgan fingerprint density at radius 2 is 1.94 bits per heavy atom. The maximum absolute atomic E-state index is 11.0. The molecular weight excluding hydrogens is 218 g/mol. The molecule has 0 amide bonds. The Labute approximate surface area is 94.4 Å². The van der Waals surface area contributed by atoms with E-state index in [1.54, 1.807) is 13.8 Å². The van der Waals surface area contributed by atoms with Crippen LogP contribution in [-0.2, 0) is 14.3 Å². The zero-order chi connectivity index (χ0) is 12.6. The summed E-state index contributed by atoms with van der Waals surface area (Å²) in [5.74, 6) is 0. The predicted molar refractivity (Wildman–Crippen MR) is 52.8 cm³/mol. The standard InChI is InChI=1S/C9H19NO6/c1-4-7(2)15-9(11)14-6-5-8(3)16-10(12)13/h7-8,12-13H,4-6H2,1-3H3. The summed E-state index contributed by atoms with van der Waals surface area (Å²) in [4.78, 5) is 15.5. The summed E-state index contributed by atoms with van der Waals surface area (Å²) in [6.07, 6.45) is -0.337. The lowest BCUT2D eigenvalue weighted by molar-refractivity contribution is -0.503. The summed E-state index contributed by atoms with van der Waals surface area (Å²) < 4.78 is 9.60. The number of rotatable bonds is 7. The van der Waals surface area contributed by atoms with Crippen LogP contribution < -0.4 is 0 Å². The first-order valence-electron chi connectivity index (χ1n) is 5.13. The average Bonchev–Trinajstić information content (AvgIpc) is 2.16. The molecule has 2 unspecified atom stereocenters. The lowest BCUT2D eigenvalue weighted by Gasteiger charge is -2.14. The Morgan fingerprint density at radius 1 is 1.31 bits per heavy atom. The van der Waals surface area contributed by atoms with Gasteiger partial charge in [-0.1, -0.05) is 6.92 Å². The van der Waals surface area contributed by atoms with E-state index in [9.17, 15) is 4.79 Å². The van der Waals surface area contributed by atoms with E-state index in [2.05, 4.69) is 4.84 Å². The molecule has 0 radical (unpaired) electrons. The molecule has 0 aromatic carbocycles. The lowest BCUT2D eigenvalue weighted by Crippen LogP contribution is -2.24. The number of hydrogen-bond donors (Lipinski definition) is 2. The van der Waals surface area contributed by atoms with Gasteiger partial charge in [0.05, 0.1) is 18.1 Å². The smallest absolute Gasteiger partial charge is 0.434 e. The largest absolute Gasteiger partial charge is 0.508 e. The van der Waals surface area contributed by atoms with Crippen molar-refractivity contribution in [2.24, 2.45) is 0 Å². The fraction of sp³-hybridized carbons (Fsp3) is 0.889. The molecule has 0 saturated heterocycles. The molecule has 0 saturated carbocycles. The van der Waals surface area contributed by atoms with Crippen molar-refractivity contribution in [2.45, 2.75) is 45.8 Å². The van der Waals surface area contributed by atoms with Gasteiger partial charge in [-0.05, 0) is 20.3 Å². The second kappa shape index (κ2) is 8.28. The van der Waals surface area contributed by atoms with Gasteiger partial charge in [0.15, 0.2) is 0 Å². The molecule has 7 nitrogen and oxygen atoms in total. The number of carbonyl (C=O) groups is 1. The minimum atomic E-state index is -0.730. The van der Waals surface area contributed by atoms with Crippen LogP contribution in [0.4, 0.5) is 4.79 Å². The van der Waals surface area contributed by atoms with Crippen LogP contribution in [-0.4, -0.2) is 40.8 Å². The number of nitrogens with zero attached hydrogens (tertiary/aromatic N) is 1. The Kier molecular flexibility index (Phi) is 7.82. The van der Waals surface area contributed by atoms with Gasteiger partial charge in [0.25, 0.3) is 0 Å². The molecule has 2 N–H and O–H groups in total. The molecule has 0 aromatic rings. The van der Waals surface area contributed by atoms with Gasteiger partial charge in [0, 0.05) is 6.42 Å². The Balaban J connectivity index is 3.54. The van der Waals surface area contributed by atoms with E-state index in [-0.39, 0.29) is 18.1 Å². The topological polar surface area (TPSA) is 88.5 Å². The fourth-order valence-electron chi connectivity index (χ4n) is 0.803. The van der Waals surface area contributed by atoms with Crippen molar-refractivity contribution >= 4 is 6.16 Å². The van der Waals surface area contributed by atoms with Crippen LogP contribution in [0.3, 0.4) is 0 Å². The highest BCUT2D eigenvalue weighted by Gasteiger charge is 2.11. The third-order valence-corrected chi connectivity index (χ3v) is 1.89. The summed E-state index contributed by atoms with van der Waals surface area (Å²) in [5.41, 5.74) is 0. The van der Waals surface area contributed by atoms with Crippen molar-refractivity contribution in [3.05, 3.63) is 0 Å². The first-order valence-corrected chi connectivity index (χ1v) is 5.13. The molecular formula is C9H19NO6. The zero-order valence-electron chi connectivity index (χ0n) is 9.75. The Bertz CT molecular complexity index is 198. The van der Waals surface area contributed by atoms with Crippen molar-refractivity contribution in [1.82, 2.24) is 5.39 Å². The second-order valence-corrected chi connectivity index (χ2v) is 3.39. The van der Waals surface area contributed by atoms with Crippen molar-refractivity contribution in [1.29, 1.82) is 0 Å². The second-order valence-electron chi connectivity index (χ2n) is 3.39. The molecule has 7 heteroatoms. The third kappa shape index (κ3) is 8.42. The highest BCUT2D eigenvalue weighted by atomic mass is 17.1. The molecule has 0 heterocycles. The monoisotopic (exact) mass is 237 g/mol. The van der Waals surface area contributed by atoms with Crippen LogP contribution in [0.5, 0.6) is 0 Å². The summed E-state index contributed by atoms with van der Waals surface area (Å²) in [7, 11) is 0. The molecule has 0 aromatic heterocycles. The van der Waals surface area contributed by atoms with E-state index in [1.807, 2.05) is 6.92 Å². The molecule has 16 heavy (non-hydrogen) atoms. The summed E-state index contributed by atoms with van der Waals surface area (Å²) in [6.45, 7) is 5.35. The van der Waals surface area contributed by atoms with Crippen molar-refractivity contribution < 1.29 is 29.5 Å². The molecule has 96 valence electrons. The Morgan fingerprint density at radius 3 is 2.44 bits per heavy atom.